The second-order valence-electron chi connectivity index (χ2n) is 4.59. The third kappa shape index (κ3) is 2.07. The Kier molecular flexibility index (Phi) is 3.45. The van der Waals surface area contributed by atoms with Gasteiger partial charge in [0.25, 0.3) is 0 Å². The van der Waals surface area contributed by atoms with Crippen LogP contribution < -0.4 is 11.3 Å². The largest absolute Gasteiger partial charge is 0.334 e. The maximum atomic E-state index is 5.78. The van der Waals surface area contributed by atoms with E-state index >= 15 is 0 Å². The molecule has 0 radical (unpaired) electrons. The molecule has 3 N–H and O–H groups in total. The molecule has 5 nitrogen and oxygen atoms in total. The average molecular weight is 267 g/mol. The number of fused-ring (bicyclic) bond motifs is 1. The number of hydrazine groups is 1. The van der Waals surface area contributed by atoms with Gasteiger partial charge in [-0.05, 0) is 13.0 Å². The predicted molar refractivity (Wildman–Crippen MR) is 78.8 cm³/mol. The molecule has 1 atom stereocenters. The minimum absolute atomic E-state index is 0.177. The standard InChI is InChI=1S/C15H17N5/c1-2-20-10-9-18-15(20)14(19-16)12-7-3-5-11-6-4-8-17-13(11)12/h3-10,14,19H,2,16H2,1H3. The molecule has 20 heavy (non-hydrogen) atoms. The highest BCUT2D eigenvalue weighted by Gasteiger charge is 2.19. The van der Waals surface area contributed by atoms with Gasteiger partial charge in [-0.3, -0.25) is 10.8 Å². The Hall–Kier alpha value is -2.24. The summed E-state index contributed by atoms with van der Waals surface area (Å²) in [6, 6.07) is 9.90. The number of hydrogen-bond donors (Lipinski definition) is 2. The van der Waals surface area contributed by atoms with Crippen molar-refractivity contribution in [3.8, 4) is 0 Å². The van der Waals surface area contributed by atoms with Crippen LogP contribution in [0.15, 0.2) is 48.9 Å². The first kappa shape index (κ1) is 12.8. The van der Waals surface area contributed by atoms with Crippen LogP contribution in [0.1, 0.15) is 24.4 Å². The number of aromatic nitrogens is 3. The summed E-state index contributed by atoms with van der Waals surface area (Å²) in [4.78, 5) is 8.92. The summed E-state index contributed by atoms with van der Waals surface area (Å²) in [5.74, 6) is 6.68. The highest BCUT2D eigenvalue weighted by molar-refractivity contribution is 5.82. The van der Waals surface area contributed by atoms with Gasteiger partial charge >= 0.3 is 0 Å². The molecule has 0 saturated carbocycles. The lowest BCUT2D eigenvalue weighted by Crippen LogP contribution is -2.31. The highest BCUT2D eigenvalue weighted by atomic mass is 15.3. The van der Waals surface area contributed by atoms with Crippen molar-refractivity contribution < 1.29 is 0 Å². The van der Waals surface area contributed by atoms with E-state index in [0.29, 0.717) is 0 Å². The molecule has 5 heteroatoms. The Labute approximate surface area is 117 Å². The third-order valence-electron chi connectivity index (χ3n) is 3.49. The SMILES string of the molecule is CCn1ccnc1C(NN)c1cccc2cccnc12. The van der Waals surface area contributed by atoms with Gasteiger partial charge in [-0.2, -0.15) is 0 Å². The summed E-state index contributed by atoms with van der Waals surface area (Å²) in [6.07, 6.45) is 5.55. The van der Waals surface area contributed by atoms with Crippen LogP contribution in [0, 0.1) is 0 Å². The molecule has 0 fully saturated rings. The minimum Gasteiger partial charge on any atom is -0.334 e. The third-order valence-corrected chi connectivity index (χ3v) is 3.49. The fourth-order valence-electron chi connectivity index (χ4n) is 2.51. The van der Waals surface area contributed by atoms with Gasteiger partial charge in [-0.15, -0.1) is 0 Å². The summed E-state index contributed by atoms with van der Waals surface area (Å²) in [6.45, 7) is 2.94. The zero-order valence-corrected chi connectivity index (χ0v) is 11.3. The molecule has 2 heterocycles. The second-order valence-corrected chi connectivity index (χ2v) is 4.59. The number of hydrogen-bond acceptors (Lipinski definition) is 4. The zero-order valence-electron chi connectivity index (χ0n) is 11.3. The summed E-state index contributed by atoms with van der Waals surface area (Å²) in [7, 11) is 0. The predicted octanol–water partition coefficient (Wildman–Crippen LogP) is 2.00. The van der Waals surface area contributed by atoms with Crippen LogP contribution >= 0.6 is 0 Å². The minimum atomic E-state index is -0.177. The first-order chi connectivity index (χ1) is 9.85. The van der Waals surface area contributed by atoms with Crippen LogP contribution in [-0.2, 0) is 6.54 Å². The number of nitrogens with zero attached hydrogens (tertiary/aromatic N) is 3. The van der Waals surface area contributed by atoms with Gasteiger partial charge in [-0.1, -0.05) is 24.3 Å². The number of rotatable bonds is 4. The van der Waals surface area contributed by atoms with Gasteiger partial charge < -0.3 is 4.57 Å². The quantitative estimate of drug-likeness (QED) is 0.560. The number of nitrogens with two attached hydrogens (primary N) is 1. The van der Waals surface area contributed by atoms with Crippen molar-refractivity contribution >= 4 is 10.9 Å². The summed E-state index contributed by atoms with van der Waals surface area (Å²) >= 11 is 0. The molecule has 0 aliphatic rings. The van der Waals surface area contributed by atoms with Crippen molar-refractivity contribution in [1.29, 1.82) is 0 Å². The number of pyridine rings is 1. The molecular formula is C15H17N5. The van der Waals surface area contributed by atoms with E-state index in [4.69, 9.17) is 5.84 Å². The van der Waals surface area contributed by atoms with Gasteiger partial charge in [-0.25, -0.2) is 10.4 Å². The lowest BCUT2D eigenvalue weighted by atomic mass is 10.0. The maximum Gasteiger partial charge on any atom is 0.131 e. The second kappa shape index (κ2) is 5.40. The van der Waals surface area contributed by atoms with Crippen LogP contribution in [0.2, 0.25) is 0 Å². The van der Waals surface area contributed by atoms with E-state index in [1.165, 1.54) is 0 Å². The molecule has 0 spiro atoms. The first-order valence-corrected chi connectivity index (χ1v) is 6.66. The number of aryl methyl sites for hydroxylation is 1. The van der Waals surface area contributed by atoms with Gasteiger partial charge in [0.05, 0.1) is 5.52 Å². The molecule has 2 aromatic heterocycles. The number of nitrogens with one attached hydrogen (secondary N) is 1. The van der Waals surface area contributed by atoms with Crippen molar-refractivity contribution in [2.75, 3.05) is 0 Å². The molecule has 3 aromatic rings. The van der Waals surface area contributed by atoms with Gasteiger partial charge in [0.1, 0.15) is 11.9 Å². The van der Waals surface area contributed by atoms with E-state index in [2.05, 4.69) is 26.9 Å². The lowest BCUT2D eigenvalue weighted by Gasteiger charge is -2.18. The van der Waals surface area contributed by atoms with Crippen molar-refractivity contribution in [3.63, 3.8) is 0 Å². The van der Waals surface area contributed by atoms with Crippen LogP contribution in [0.3, 0.4) is 0 Å². The Bertz CT molecular complexity index is 714. The van der Waals surface area contributed by atoms with Crippen molar-refractivity contribution in [2.24, 2.45) is 5.84 Å². The Morgan fingerprint density at radius 1 is 1.20 bits per heavy atom. The van der Waals surface area contributed by atoms with Crippen LogP contribution in [0.5, 0.6) is 0 Å². The molecule has 0 amide bonds. The molecule has 0 bridgehead atoms. The summed E-state index contributed by atoms with van der Waals surface area (Å²) < 4.78 is 2.08. The fourth-order valence-corrected chi connectivity index (χ4v) is 2.51. The zero-order chi connectivity index (χ0) is 13.9. The topological polar surface area (TPSA) is 68.8 Å². The molecule has 0 aliphatic heterocycles. The molecule has 1 unspecified atom stereocenters. The Morgan fingerprint density at radius 3 is 2.85 bits per heavy atom. The summed E-state index contributed by atoms with van der Waals surface area (Å²) in [5, 5.41) is 1.10. The average Bonchev–Trinajstić information content (AvgIpc) is 2.97. The molecule has 0 aliphatic carbocycles. The summed E-state index contributed by atoms with van der Waals surface area (Å²) in [5.41, 5.74) is 4.85. The number of imidazole rings is 1. The van der Waals surface area contributed by atoms with Crippen molar-refractivity contribution in [1.82, 2.24) is 20.0 Å². The Morgan fingerprint density at radius 2 is 2.05 bits per heavy atom. The molecule has 102 valence electrons. The molecular weight excluding hydrogens is 250 g/mol. The Balaban J connectivity index is 2.17. The molecule has 1 aromatic carbocycles. The van der Waals surface area contributed by atoms with Crippen LogP contribution in [0.25, 0.3) is 10.9 Å². The van der Waals surface area contributed by atoms with Gasteiger partial charge in [0.2, 0.25) is 0 Å². The maximum absolute atomic E-state index is 5.78. The van der Waals surface area contributed by atoms with E-state index < -0.39 is 0 Å². The van der Waals surface area contributed by atoms with E-state index in [9.17, 15) is 0 Å². The van der Waals surface area contributed by atoms with E-state index in [-0.39, 0.29) is 6.04 Å². The monoisotopic (exact) mass is 267 g/mol. The normalized spacial score (nSPS) is 12.7. The lowest BCUT2D eigenvalue weighted by molar-refractivity contribution is 0.563. The van der Waals surface area contributed by atoms with Crippen LogP contribution in [0.4, 0.5) is 0 Å². The van der Waals surface area contributed by atoms with Gasteiger partial charge in [0, 0.05) is 36.1 Å². The smallest absolute Gasteiger partial charge is 0.131 e. The van der Waals surface area contributed by atoms with Gasteiger partial charge in [0.15, 0.2) is 0 Å². The van der Waals surface area contributed by atoms with E-state index in [1.54, 1.807) is 12.4 Å². The first-order valence-electron chi connectivity index (χ1n) is 6.66. The number of para-hydroxylation sites is 1. The molecule has 0 saturated heterocycles. The highest BCUT2D eigenvalue weighted by Crippen LogP contribution is 2.26. The van der Waals surface area contributed by atoms with E-state index in [1.807, 2.05) is 36.5 Å². The van der Waals surface area contributed by atoms with E-state index in [0.717, 1.165) is 28.8 Å². The van der Waals surface area contributed by atoms with Crippen molar-refractivity contribution in [3.05, 3.63) is 60.3 Å². The number of benzene rings is 1. The van der Waals surface area contributed by atoms with Crippen LogP contribution in [-0.4, -0.2) is 14.5 Å². The molecule has 3 rings (SSSR count). The van der Waals surface area contributed by atoms with Crippen molar-refractivity contribution in [2.45, 2.75) is 19.5 Å². The fraction of sp³-hybridized carbons (Fsp3) is 0.200.